The molecule has 2 rings (SSSR count). The van der Waals surface area contributed by atoms with Crippen LogP contribution in [0, 0.1) is 6.92 Å². The number of hydrogen-bond acceptors (Lipinski definition) is 3. The van der Waals surface area contributed by atoms with Gasteiger partial charge in [-0.05, 0) is 51.2 Å². The van der Waals surface area contributed by atoms with Gasteiger partial charge in [-0.25, -0.2) is 4.99 Å². The molecule has 0 amide bonds. The number of nitrogens with zero attached hydrogens (tertiary/aromatic N) is 3. The molecule has 0 aliphatic carbocycles. The van der Waals surface area contributed by atoms with Gasteiger partial charge in [-0.1, -0.05) is 37.0 Å². The van der Waals surface area contributed by atoms with Gasteiger partial charge in [0.1, 0.15) is 0 Å². The summed E-state index contributed by atoms with van der Waals surface area (Å²) in [5.41, 5.74) is 1.99. The maximum absolute atomic E-state index is 6.23. The van der Waals surface area contributed by atoms with Gasteiger partial charge >= 0.3 is 0 Å². The van der Waals surface area contributed by atoms with Crippen LogP contribution in [0.3, 0.4) is 0 Å². The van der Waals surface area contributed by atoms with Gasteiger partial charge < -0.3 is 9.47 Å². The molecule has 0 saturated heterocycles. The third-order valence-corrected chi connectivity index (χ3v) is 5.39. The second kappa shape index (κ2) is 8.88. The molecule has 126 valence electrons. The Morgan fingerprint density at radius 1 is 1.22 bits per heavy atom. The van der Waals surface area contributed by atoms with Gasteiger partial charge in [-0.15, -0.1) is 11.3 Å². The monoisotopic (exact) mass is 371 g/mol. The molecule has 0 spiro atoms. The van der Waals surface area contributed by atoms with E-state index in [0.29, 0.717) is 10.0 Å². The molecule has 0 unspecified atom stereocenters. The quantitative estimate of drug-likeness (QED) is 0.660. The van der Waals surface area contributed by atoms with Crippen molar-refractivity contribution in [3.05, 3.63) is 44.1 Å². The van der Waals surface area contributed by atoms with Crippen molar-refractivity contribution in [3.63, 3.8) is 0 Å². The second-order valence-corrected chi connectivity index (χ2v) is 7.08. The molecule has 1 aromatic heterocycles. The fourth-order valence-corrected chi connectivity index (χ4v) is 3.81. The first kappa shape index (κ1) is 18.5. The Balaban J connectivity index is 2.19. The van der Waals surface area contributed by atoms with Crippen LogP contribution in [0.1, 0.15) is 26.0 Å². The largest absolute Gasteiger partial charge is 0.321 e. The molecule has 3 nitrogen and oxygen atoms in total. The van der Waals surface area contributed by atoms with Gasteiger partial charge in [0, 0.05) is 22.6 Å². The minimum absolute atomic E-state index is 0.582. The van der Waals surface area contributed by atoms with Crippen molar-refractivity contribution >= 4 is 40.2 Å². The first-order chi connectivity index (χ1) is 11.0. The zero-order valence-corrected chi connectivity index (χ0v) is 16.2. The van der Waals surface area contributed by atoms with Crippen LogP contribution in [0.4, 0.5) is 5.69 Å². The van der Waals surface area contributed by atoms with E-state index in [1.54, 1.807) is 17.4 Å². The summed E-state index contributed by atoms with van der Waals surface area (Å²) in [6.07, 6.45) is 1.11. The minimum Gasteiger partial charge on any atom is -0.321 e. The number of hydrogen-bond donors (Lipinski definition) is 0. The summed E-state index contributed by atoms with van der Waals surface area (Å²) in [6.45, 7) is 10.8. The summed E-state index contributed by atoms with van der Waals surface area (Å²) < 4.78 is 2.26. The fourth-order valence-electron chi connectivity index (χ4n) is 2.44. The van der Waals surface area contributed by atoms with E-state index in [-0.39, 0.29) is 0 Å². The Morgan fingerprint density at radius 2 is 1.96 bits per heavy atom. The maximum atomic E-state index is 6.23. The van der Waals surface area contributed by atoms with Gasteiger partial charge in [-0.2, -0.15) is 0 Å². The lowest BCUT2D eigenvalue weighted by Gasteiger charge is -2.18. The lowest BCUT2D eigenvalue weighted by atomic mass is 10.3. The summed E-state index contributed by atoms with van der Waals surface area (Å²) >= 11 is 13.8. The predicted molar refractivity (Wildman–Crippen MR) is 101 cm³/mol. The van der Waals surface area contributed by atoms with Gasteiger partial charge in [0.2, 0.25) is 0 Å². The number of benzene rings is 1. The van der Waals surface area contributed by atoms with Crippen LogP contribution in [0.5, 0.6) is 0 Å². The van der Waals surface area contributed by atoms with Crippen LogP contribution in [0.15, 0.2) is 28.6 Å². The number of rotatable bonds is 7. The van der Waals surface area contributed by atoms with Gasteiger partial charge in [0.05, 0.1) is 10.7 Å². The number of thiazole rings is 1. The summed E-state index contributed by atoms with van der Waals surface area (Å²) in [4.78, 5) is 8.14. The summed E-state index contributed by atoms with van der Waals surface area (Å²) in [5.74, 6) is 0. The van der Waals surface area contributed by atoms with Crippen LogP contribution >= 0.6 is 34.5 Å². The van der Waals surface area contributed by atoms with E-state index in [2.05, 4.69) is 35.6 Å². The Bertz CT molecular complexity index is 702. The van der Waals surface area contributed by atoms with E-state index >= 15 is 0 Å². The van der Waals surface area contributed by atoms with E-state index in [1.807, 2.05) is 12.1 Å². The molecular formula is C17H23Cl2N3S. The molecule has 0 fully saturated rings. The zero-order valence-electron chi connectivity index (χ0n) is 13.9. The van der Waals surface area contributed by atoms with Crippen LogP contribution in [-0.4, -0.2) is 29.1 Å². The smallest absolute Gasteiger partial charge is 0.190 e. The van der Waals surface area contributed by atoms with Gasteiger partial charge in [0.25, 0.3) is 0 Å². The molecular weight excluding hydrogens is 349 g/mol. The molecule has 0 bridgehead atoms. The van der Waals surface area contributed by atoms with Crippen molar-refractivity contribution in [2.75, 3.05) is 19.6 Å². The molecule has 6 heteroatoms. The second-order valence-electron chi connectivity index (χ2n) is 5.40. The third-order valence-electron chi connectivity index (χ3n) is 3.87. The maximum Gasteiger partial charge on any atom is 0.190 e. The van der Waals surface area contributed by atoms with Crippen molar-refractivity contribution in [2.45, 2.75) is 33.7 Å². The molecule has 0 saturated carbocycles. The summed E-state index contributed by atoms with van der Waals surface area (Å²) in [7, 11) is 0. The average molecular weight is 372 g/mol. The predicted octanol–water partition coefficient (Wildman–Crippen LogP) is 5.13. The molecule has 0 aliphatic rings. The standard InChI is InChI=1S/C17H23Cl2N3S/c1-4-21(5-2)9-6-10-22-13(3)12-23-17(22)20-16-8-7-14(18)11-15(16)19/h7-8,11-12H,4-6,9-10H2,1-3H3. The van der Waals surface area contributed by atoms with Crippen LogP contribution in [-0.2, 0) is 6.54 Å². The van der Waals surface area contributed by atoms with Crippen molar-refractivity contribution in [2.24, 2.45) is 4.99 Å². The van der Waals surface area contributed by atoms with Gasteiger partial charge in [0.15, 0.2) is 4.80 Å². The number of halogens is 2. The summed E-state index contributed by atoms with van der Waals surface area (Å²) in [6, 6.07) is 5.41. The van der Waals surface area contributed by atoms with E-state index in [0.717, 1.165) is 43.1 Å². The van der Waals surface area contributed by atoms with E-state index < -0.39 is 0 Å². The van der Waals surface area contributed by atoms with Crippen LogP contribution < -0.4 is 4.80 Å². The van der Waals surface area contributed by atoms with Crippen molar-refractivity contribution in [3.8, 4) is 0 Å². The highest BCUT2D eigenvalue weighted by molar-refractivity contribution is 7.07. The van der Waals surface area contributed by atoms with E-state index in [9.17, 15) is 0 Å². The third kappa shape index (κ3) is 5.08. The van der Waals surface area contributed by atoms with E-state index in [1.165, 1.54) is 5.69 Å². The normalized spacial score (nSPS) is 12.3. The molecule has 1 heterocycles. The average Bonchev–Trinajstić information content (AvgIpc) is 2.87. The van der Waals surface area contributed by atoms with Crippen LogP contribution in [0.2, 0.25) is 10.0 Å². The van der Waals surface area contributed by atoms with Crippen LogP contribution in [0.25, 0.3) is 0 Å². The number of aryl methyl sites for hydroxylation is 1. The fraction of sp³-hybridized carbons (Fsp3) is 0.471. The Hall–Kier alpha value is -0.810. The zero-order chi connectivity index (χ0) is 16.8. The first-order valence-corrected chi connectivity index (χ1v) is 9.55. The highest BCUT2D eigenvalue weighted by atomic mass is 35.5. The lowest BCUT2D eigenvalue weighted by Crippen LogP contribution is -2.26. The topological polar surface area (TPSA) is 20.5 Å². The molecule has 23 heavy (non-hydrogen) atoms. The Morgan fingerprint density at radius 3 is 2.61 bits per heavy atom. The molecule has 0 aliphatic heterocycles. The van der Waals surface area contributed by atoms with E-state index in [4.69, 9.17) is 28.2 Å². The molecule has 0 atom stereocenters. The summed E-state index contributed by atoms with van der Waals surface area (Å²) in [5, 5.41) is 3.35. The number of aromatic nitrogens is 1. The van der Waals surface area contributed by atoms with Crippen molar-refractivity contribution in [1.82, 2.24) is 9.47 Å². The molecule has 1 aromatic carbocycles. The highest BCUT2D eigenvalue weighted by Gasteiger charge is 2.05. The Labute approximate surface area is 152 Å². The molecule has 0 N–H and O–H groups in total. The molecule has 0 radical (unpaired) electrons. The van der Waals surface area contributed by atoms with Crippen molar-refractivity contribution in [1.29, 1.82) is 0 Å². The highest BCUT2D eigenvalue weighted by Crippen LogP contribution is 2.27. The van der Waals surface area contributed by atoms with Gasteiger partial charge in [-0.3, -0.25) is 0 Å². The van der Waals surface area contributed by atoms with Crippen molar-refractivity contribution < 1.29 is 0 Å². The SMILES string of the molecule is CCN(CC)CCCn1c(C)csc1=Nc1ccc(Cl)cc1Cl. The first-order valence-electron chi connectivity index (χ1n) is 7.92. The lowest BCUT2D eigenvalue weighted by molar-refractivity contribution is 0.292. The molecule has 2 aromatic rings. The Kier molecular flexibility index (Phi) is 7.15. The minimum atomic E-state index is 0.582.